The molecule has 0 unspecified atom stereocenters. The number of rotatable bonds is 9. The summed E-state index contributed by atoms with van der Waals surface area (Å²) in [4.78, 5) is 14.8. The molecule has 0 aliphatic carbocycles. The normalized spacial score (nSPS) is 12.3. The second-order valence-corrected chi connectivity index (χ2v) is 6.74. The molecule has 2 aromatic carbocycles. The van der Waals surface area contributed by atoms with Crippen molar-refractivity contribution in [2.24, 2.45) is 0 Å². The molecule has 2 aromatic rings. The van der Waals surface area contributed by atoms with Crippen molar-refractivity contribution in [1.29, 1.82) is 0 Å². The van der Waals surface area contributed by atoms with Gasteiger partial charge in [0.25, 0.3) is 5.91 Å². The second kappa shape index (κ2) is 10.1. The molecule has 162 valence electrons. The standard InChI is InChI=1S/C23H29NO6/c1-5-26-20-13-17(14-21(27-6-2)22(20)28-7-3)23(25)24(4)15-16-8-9-18-19(12-16)30-11-10-29-18/h8-9,12-14H,5-7,10-11,15H2,1-4H3. The molecule has 7 heteroatoms. The summed E-state index contributed by atoms with van der Waals surface area (Å²) in [6, 6.07) is 9.14. The van der Waals surface area contributed by atoms with Crippen LogP contribution in [0, 0.1) is 0 Å². The van der Waals surface area contributed by atoms with Gasteiger partial charge in [-0.25, -0.2) is 0 Å². The van der Waals surface area contributed by atoms with E-state index in [4.69, 9.17) is 23.7 Å². The highest BCUT2D eigenvalue weighted by Gasteiger charge is 2.21. The van der Waals surface area contributed by atoms with Crippen LogP contribution in [-0.4, -0.2) is 50.9 Å². The van der Waals surface area contributed by atoms with Gasteiger partial charge in [0.05, 0.1) is 19.8 Å². The largest absolute Gasteiger partial charge is 0.490 e. The molecular formula is C23H29NO6. The molecule has 7 nitrogen and oxygen atoms in total. The maximum atomic E-state index is 13.1. The molecule has 1 amide bonds. The number of ether oxygens (including phenoxy) is 5. The summed E-state index contributed by atoms with van der Waals surface area (Å²) >= 11 is 0. The van der Waals surface area contributed by atoms with Crippen molar-refractivity contribution in [2.75, 3.05) is 40.1 Å². The Labute approximate surface area is 177 Å². The Morgan fingerprint density at radius 2 is 1.50 bits per heavy atom. The summed E-state index contributed by atoms with van der Waals surface area (Å²) in [5.41, 5.74) is 1.43. The first kappa shape index (κ1) is 21.6. The molecule has 0 radical (unpaired) electrons. The van der Waals surface area contributed by atoms with Crippen molar-refractivity contribution in [3.05, 3.63) is 41.5 Å². The number of amides is 1. The van der Waals surface area contributed by atoms with Crippen LogP contribution in [0.3, 0.4) is 0 Å². The quantitative estimate of drug-likeness (QED) is 0.618. The van der Waals surface area contributed by atoms with Gasteiger partial charge >= 0.3 is 0 Å². The molecule has 1 heterocycles. The third-order valence-electron chi connectivity index (χ3n) is 4.53. The van der Waals surface area contributed by atoms with Crippen LogP contribution in [0.5, 0.6) is 28.7 Å². The summed E-state index contributed by atoms with van der Waals surface area (Å²) < 4.78 is 28.4. The smallest absolute Gasteiger partial charge is 0.254 e. The molecule has 0 spiro atoms. The molecule has 0 N–H and O–H groups in total. The molecule has 0 aromatic heterocycles. The van der Waals surface area contributed by atoms with Crippen molar-refractivity contribution in [2.45, 2.75) is 27.3 Å². The van der Waals surface area contributed by atoms with Gasteiger partial charge in [-0.3, -0.25) is 4.79 Å². The average Bonchev–Trinajstić information content (AvgIpc) is 2.75. The Hall–Kier alpha value is -3.09. The zero-order valence-electron chi connectivity index (χ0n) is 18.0. The van der Waals surface area contributed by atoms with Crippen molar-refractivity contribution in [1.82, 2.24) is 4.90 Å². The van der Waals surface area contributed by atoms with Gasteiger partial charge in [0.2, 0.25) is 5.75 Å². The average molecular weight is 415 g/mol. The highest BCUT2D eigenvalue weighted by molar-refractivity contribution is 5.95. The lowest BCUT2D eigenvalue weighted by Crippen LogP contribution is -2.26. The Bertz CT molecular complexity index is 855. The monoisotopic (exact) mass is 415 g/mol. The minimum atomic E-state index is -0.144. The minimum Gasteiger partial charge on any atom is -0.490 e. The van der Waals surface area contributed by atoms with Gasteiger partial charge in [-0.15, -0.1) is 0 Å². The molecule has 0 saturated carbocycles. The molecule has 0 fully saturated rings. The van der Waals surface area contributed by atoms with E-state index in [0.29, 0.717) is 68.1 Å². The van der Waals surface area contributed by atoms with Gasteiger partial charge in [0, 0.05) is 19.2 Å². The highest BCUT2D eigenvalue weighted by Crippen LogP contribution is 2.39. The zero-order valence-corrected chi connectivity index (χ0v) is 18.0. The topological polar surface area (TPSA) is 66.5 Å². The van der Waals surface area contributed by atoms with Crippen LogP contribution in [0.2, 0.25) is 0 Å². The predicted molar refractivity (Wildman–Crippen MR) is 113 cm³/mol. The van der Waals surface area contributed by atoms with Crippen molar-refractivity contribution >= 4 is 5.91 Å². The van der Waals surface area contributed by atoms with E-state index in [1.807, 2.05) is 39.0 Å². The van der Waals surface area contributed by atoms with Crippen LogP contribution in [0.1, 0.15) is 36.7 Å². The third kappa shape index (κ3) is 4.90. The van der Waals surface area contributed by atoms with Crippen LogP contribution < -0.4 is 23.7 Å². The lowest BCUT2D eigenvalue weighted by molar-refractivity contribution is 0.0783. The molecule has 0 atom stereocenters. The number of hydrogen-bond donors (Lipinski definition) is 0. The first-order chi connectivity index (χ1) is 14.6. The van der Waals surface area contributed by atoms with Gasteiger partial charge in [-0.2, -0.15) is 0 Å². The van der Waals surface area contributed by atoms with Crippen molar-refractivity contribution in [3.8, 4) is 28.7 Å². The zero-order chi connectivity index (χ0) is 21.5. The minimum absolute atomic E-state index is 0.144. The van der Waals surface area contributed by atoms with Gasteiger partial charge in [-0.05, 0) is 50.6 Å². The Balaban J connectivity index is 1.83. The predicted octanol–water partition coefficient (Wildman–Crippen LogP) is 3.93. The van der Waals surface area contributed by atoms with E-state index in [2.05, 4.69) is 0 Å². The summed E-state index contributed by atoms with van der Waals surface area (Å²) in [6.45, 7) is 8.55. The Morgan fingerprint density at radius 3 is 2.10 bits per heavy atom. The summed E-state index contributed by atoms with van der Waals surface area (Å²) in [7, 11) is 1.76. The van der Waals surface area contributed by atoms with E-state index in [1.165, 1.54) is 0 Å². The van der Waals surface area contributed by atoms with E-state index >= 15 is 0 Å². The summed E-state index contributed by atoms with van der Waals surface area (Å²) in [5, 5.41) is 0. The molecule has 0 bridgehead atoms. The third-order valence-corrected chi connectivity index (χ3v) is 4.53. The van der Waals surface area contributed by atoms with E-state index in [9.17, 15) is 4.79 Å². The van der Waals surface area contributed by atoms with E-state index < -0.39 is 0 Å². The first-order valence-electron chi connectivity index (χ1n) is 10.3. The molecule has 1 aliphatic rings. The maximum absolute atomic E-state index is 13.1. The number of nitrogens with zero attached hydrogens (tertiary/aromatic N) is 1. The van der Waals surface area contributed by atoms with Crippen LogP contribution in [-0.2, 0) is 6.54 Å². The number of carbonyl (C=O) groups is 1. The Morgan fingerprint density at radius 1 is 0.900 bits per heavy atom. The van der Waals surface area contributed by atoms with Gasteiger partial charge < -0.3 is 28.6 Å². The number of benzene rings is 2. The maximum Gasteiger partial charge on any atom is 0.254 e. The van der Waals surface area contributed by atoms with E-state index in [-0.39, 0.29) is 5.91 Å². The Kier molecular flexibility index (Phi) is 7.27. The van der Waals surface area contributed by atoms with Crippen LogP contribution in [0.25, 0.3) is 0 Å². The van der Waals surface area contributed by atoms with Crippen molar-refractivity contribution in [3.63, 3.8) is 0 Å². The second-order valence-electron chi connectivity index (χ2n) is 6.74. The SMILES string of the molecule is CCOc1cc(C(=O)N(C)Cc2ccc3c(c2)OCCO3)cc(OCC)c1OCC. The highest BCUT2D eigenvalue weighted by atomic mass is 16.6. The summed E-state index contributed by atoms with van der Waals surface area (Å²) in [5.74, 6) is 2.82. The molecular weight excluding hydrogens is 386 g/mol. The summed E-state index contributed by atoms with van der Waals surface area (Å²) in [6.07, 6.45) is 0. The van der Waals surface area contributed by atoms with Crippen molar-refractivity contribution < 1.29 is 28.5 Å². The van der Waals surface area contributed by atoms with Gasteiger partial charge in [0.15, 0.2) is 23.0 Å². The van der Waals surface area contributed by atoms with E-state index in [0.717, 1.165) is 11.3 Å². The van der Waals surface area contributed by atoms with E-state index in [1.54, 1.807) is 24.1 Å². The fourth-order valence-electron chi connectivity index (χ4n) is 3.26. The fourth-order valence-corrected chi connectivity index (χ4v) is 3.26. The van der Waals surface area contributed by atoms with Gasteiger partial charge in [0.1, 0.15) is 13.2 Å². The lowest BCUT2D eigenvalue weighted by Gasteiger charge is -2.22. The molecule has 30 heavy (non-hydrogen) atoms. The number of fused-ring (bicyclic) bond motifs is 1. The van der Waals surface area contributed by atoms with Crippen LogP contribution >= 0.6 is 0 Å². The lowest BCUT2D eigenvalue weighted by atomic mass is 10.1. The number of carbonyl (C=O) groups excluding carboxylic acids is 1. The fraction of sp³-hybridized carbons (Fsp3) is 0.435. The first-order valence-corrected chi connectivity index (χ1v) is 10.3. The molecule has 3 rings (SSSR count). The number of hydrogen-bond acceptors (Lipinski definition) is 6. The van der Waals surface area contributed by atoms with Gasteiger partial charge in [-0.1, -0.05) is 6.07 Å². The molecule has 0 saturated heterocycles. The van der Waals surface area contributed by atoms with Crippen LogP contribution in [0.15, 0.2) is 30.3 Å². The van der Waals surface area contributed by atoms with Crippen LogP contribution in [0.4, 0.5) is 0 Å². The molecule has 1 aliphatic heterocycles.